The van der Waals surface area contributed by atoms with Gasteiger partial charge in [0.1, 0.15) is 5.75 Å². The zero-order valence-electron chi connectivity index (χ0n) is 8.65. The van der Waals surface area contributed by atoms with Gasteiger partial charge in [0.25, 0.3) is 0 Å². The molecule has 2 N–H and O–H groups in total. The molecule has 0 heterocycles. The minimum Gasteiger partial charge on any atom is -0.505 e. The summed E-state index contributed by atoms with van der Waals surface area (Å²) >= 11 is 0. The number of phenolic OH excluding ortho intramolecular Hbond substituents is 1. The highest BCUT2D eigenvalue weighted by atomic mass is 19.1. The molecule has 0 aromatic heterocycles. The van der Waals surface area contributed by atoms with E-state index in [1.54, 1.807) is 0 Å². The minimum atomic E-state index is -0.834. The van der Waals surface area contributed by atoms with E-state index < -0.39 is 17.5 Å². The average molecular weight is 228 g/mol. The molecule has 0 saturated carbocycles. The van der Waals surface area contributed by atoms with Gasteiger partial charge in [-0.25, -0.2) is 4.39 Å². The van der Waals surface area contributed by atoms with Crippen molar-refractivity contribution in [2.75, 3.05) is 6.61 Å². The molecule has 0 saturated heterocycles. The standard InChI is InChI=1S/C11H13FO4/c12-9-5-4-8(7-10(9)13)16-6-2-1-3-11(14)15/h4-5,7,13H,1-3,6H2,(H,14,15). The van der Waals surface area contributed by atoms with Crippen molar-refractivity contribution < 1.29 is 24.1 Å². The number of carbonyl (C=O) groups is 1. The second-order valence-electron chi connectivity index (χ2n) is 3.31. The molecule has 0 aliphatic carbocycles. The second kappa shape index (κ2) is 5.95. The maximum Gasteiger partial charge on any atom is 0.303 e. The first kappa shape index (κ1) is 12.3. The van der Waals surface area contributed by atoms with Crippen LogP contribution in [-0.4, -0.2) is 22.8 Å². The molecular weight excluding hydrogens is 215 g/mol. The topological polar surface area (TPSA) is 66.8 Å². The van der Waals surface area contributed by atoms with Crippen LogP contribution in [0.1, 0.15) is 19.3 Å². The molecule has 0 spiro atoms. The third-order valence-corrected chi connectivity index (χ3v) is 1.97. The summed E-state index contributed by atoms with van der Waals surface area (Å²) in [5, 5.41) is 17.4. The predicted molar refractivity (Wildman–Crippen MR) is 55.0 cm³/mol. The fourth-order valence-electron chi connectivity index (χ4n) is 1.15. The minimum absolute atomic E-state index is 0.109. The first-order chi connectivity index (χ1) is 7.59. The molecular formula is C11H13FO4. The van der Waals surface area contributed by atoms with Crippen LogP contribution >= 0.6 is 0 Å². The number of ether oxygens (including phenoxy) is 1. The van der Waals surface area contributed by atoms with Gasteiger partial charge in [-0.05, 0) is 25.0 Å². The first-order valence-electron chi connectivity index (χ1n) is 4.92. The van der Waals surface area contributed by atoms with Gasteiger partial charge in [-0.15, -0.1) is 0 Å². The number of carboxylic acid groups (broad SMARTS) is 1. The zero-order valence-corrected chi connectivity index (χ0v) is 8.65. The molecule has 0 unspecified atom stereocenters. The summed E-state index contributed by atoms with van der Waals surface area (Å²) < 4.78 is 17.9. The number of hydrogen-bond acceptors (Lipinski definition) is 3. The molecule has 0 fully saturated rings. The highest BCUT2D eigenvalue weighted by Gasteiger charge is 2.02. The smallest absolute Gasteiger partial charge is 0.303 e. The number of carboxylic acids is 1. The van der Waals surface area contributed by atoms with Gasteiger partial charge in [0.2, 0.25) is 0 Å². The fraction of sp³-hybridized carbons (Fsp3) is 0.364. The number of halogens is 1. The quantitative estimate of drug-likeness (QED) is 0.732. The molecule has 4 nitrogen and oxygen atoms in total. The molecule has 88 valence electrons. The van der Waals surface area contributed by atoms with Crippen molar-refractivity contribution in [3.63, 3.8) is 0 Å². The van der Waals surface area contributed by atoms with Crippen LogP contribution in [0.2, 0.25) is 0 Å². The van der Waals surface area contributed by atoms with Crippen molar-refractivity contribution in [3.05, 3.63) is 24.0 Å². The molecule has 16 heavy (non-hydrogen) atoms. The van der Waals surface area contributed by atoms with Gasteiger partial charge in [0.05, 0.1) is 6.61 Å². The van der Waals surface area contributed by atoms with Crippen molar-refractivity contribution in [2.45, 2.75) is 19.3 Å². The van der Waals surface area contributed by atoms with E-state index in [-0.39, 0.29) is 6.42 Å². The van der Waals surface area contributed by atoms with Crippen molar-refractivity contribution in [3.8, 4) is 11.5 Å². The van der Waals surface area contributed by atoms with Crippen LogP contribution in [0.5, 0.6) is 11.5 Å². The molecule has 1 rings (SSSR count). The van der Waals surface area contributed by atoms with Crippen LogP contribution in [-0.2, 0) is 4.79 Å². The number of phenols is 1. The molecule has 0 radical (unpaired) electrons. The number of aliphatic carboxylic acids is 1. The van der Waals surface area contributed by atoms with Crippen LogP contribution in [0.15, 0.2) is 18.2 Å². The Hall–Kier alpha value is -1.78. The maximum absolute atomic E-state index is 12.7. The number of hydrogen-bond donors (Lipinski definition) is 2. The van der Waals surface area contributed by atoms with Crippen LogP contribution in [0, 0.1) is 5.82 Å². The van der Waals surface area contributed by atoms with E-state index in [0.717, 1.165) is 6.07 Å². The maximum atomic E-state index is 12.7. The monoisotopic (exact) mass is 228 g/mol. The summed E-state index contributed by atoms with van der Waals surface area (Å²) in [7, 11) is 0. The van der Waals surface area contributed by atoms with Crippen molar-refractivity contribution >= 4 is 5.97 Å². The molecule has 0 bridgehead atoms. The fourth-order valence-corrected chi connectivity index (χ4v) is 1.15. The Balaban J connectivity index is 2.27. The summed E-state index contributed by atoms with van der Waals surface area (Å²) in [5.41, 5.74) is 0. The number of unbranched alkanes of at least 4 members (excludes halogenated alkanes) is 1. The molecule has 0 aliphatic heterocycles. The molecule has 1 aromatic rings. The highest BCUT2D eigenvalue weighted by Crippen LogP contribution is 2.21. The summed E-state index contributed by atoms with van der Waals surface area (Å²) in [6, 6.07) is 3.71. The van der Waals surface area contributed by atoms with E-state index in [2.05, 4.69) is 0 Å². The Morgan fingerprint density at radius 2 is 2.12 bits per heavy atom. The van der Waals surface area contributed by atoms with Crippen LogP contribution in [0.3, 0.4) is 0 Å². The van der Waals surface area contributed by atoms with Crippen LogP contribution < -0.4 is 4.74 Å². The van der Waals surface area contributed by atoms with E-state index in [0.29, 0.717) is 25.2 Å². The number of aromatic hydroxyl groups is 1. The van der Waals surface area contributed by atoms with Crippen molar-refractivity contribution in [1.29, 1.82) is 0 Å². The summed E-state index contributed by atoms with van der Waals surface area (Å²) in [5.74, 6) is -1.62. The normalized spacial score (nSPS) is 10.1. The van der Waals surface area contributed by atoms with Gasteiger partial charge in [-0.1, -0.05) is 0 Å². The Bertz CT molecular complexity index is 365. The Labute approximate surface area is 92.3 Å². The Morgan fingerprint density at radius 3 is 2.75 bits per heavy atom. The average Bonchev–Trinajstić information content (AvgIpc) is 2.22. The summed E-state index contributed by atoms with van der Waals surface area (Å²) in [6.07, 6.45) is 1.24. The molecule has 1 aromatic carbocycles. The third kappa shape index (κ3) is 4.16. The number of benzene rings is 1. The van der Waals surface area contributed by atoms with Gasteiger partial charge in [-0.3, -0.25) is 4.79 Å². The van der Waals surface area contributed by atoms with Crippen molar-refractivity contribution in [2.24, 2.45) is 0 Å². The van der Waals surface area contributed by atoms with E-state index in [4.69, 9.17) is 14.9 Å². The number of rotatable bonds is 6. The third-order valence-electron chi connectivity index (χ3n) is 1.97. The van der Waals surface area contributed by atoms with E-state index >= 15 is 0 Å². The van der Waals surface area contributed by atoms with Crippen LogP contribution in [0.4, 0.5) is 4.39 Å². The van der Waals surface area contributed by atoms with Gasteiger partial charge < -0.3 is 14.9 Å². The van der Waals surface area contributed by atoms with Gasteiger partial charge in [0.15, 0.2) is 11.6 Å². The van der Waals surface area contributed by atoms with Crippen LogP contribution in [0.25, 0.3) is 0 Å². The lowest BCUT2D eigenvalue weighted by Gasteiger charge is -2.05. The largest absolute Gasteiger partial charge is 0.505 e. The zero-order chi connectivity index (χ0) is 12.0. The van der Waals surface area contributed by atoms with E-state index in [1.165, 1.54) is 12.1 Å². The second-order valence-corrected chi connectivity index (χ2v) is 3.31. The predicted octanol–water partition coefficient (Wildman–Crippen LogP) is 2.17. The lowest BCUT2D eigenvalue weighted by Crippen LogP contribution is -2.00. The Kier molecular flexibility index (Phi) is 4.57. The Morgan fingerprint density at radius 1 is 1.38 bits per heavy atom. The van der Waals surface area contributed by atoms with E-state index in [9.17, 15) is 9.18 Å². The highest BCUT2D eigenvalue weighted by molar-refractivity contribution is 5.66. The molecule has 0 aliphatic rings. The van der Waals surface area contributed by atoms with Gasteiger partial charge in [0, 0.05) is 12.5 Å². The van der Waals surface area contributed by atoms with Gasteiger partial charge >= 0.3 is 5.97 Å². The van der Waals surface area contributed by atoms with Gasteiger partial charge in [-0.2, -0.15) is 0 Å². The lowest BCUT2D eigenvalue weighted by molar-refractivity contribution is -0.137. The first-order valence-corrected chi connectivity index (χ1v) is 4.92. The molecule has 0 atom stereocenters. The SMILES string of the molecule is O=C(O)CCCCOc1ccc(F)c(O)c1. The molecule has 5 heteroatoms. The summed E-state index contributed by atoms with van der Waals surface area (Å²) in [6.45, 7) is 0.346. The lowest BCUT2D eigenvalue weighted by atomic mass is 10.2. The van der Waals surface area contributed by atoms with E-state index in [1.807, 2.05) is 0 Å². The molecule has 0 amide bonds. The van der Waals surface area contributed by atoms with Crippen molar-refractivity contribution in [1.82, 2.24) is 0 Å². The summed E-state index contributed by atoms with van der Waals surface area (Å²) in [4.78, 5) is 10.2.